The van der Waals surface area contributed by atoms with Crippen LogP contribution >= 0.6 is 11.3 Å². The van der Waals surface area contributed by atoms with Crippen LogP contribution < -0.4 is 5.56 Å². The molecule has 0 spiro atoms. The molecule has 0 amide bonds. The molecule has 0 aliphatic carbocycles. The second-order valence-corrected chi connectivity index (χ2v) is 7.08. The molecule has 2 aromatic carbocycles. The lowest BCUT2D eigenvalue weighted by Gasteiger charge is -2.01. The first kappa shape index (κ1) is 15.0. The van der Waals surface area contributed by atoms with Crippen molar-refractivity contribution in [1.29, 1.82) is 0 Å². The average Bonchev–Trinajstić information content (AvgIpc) is 3.06. The van der Waals surface area contributed by atoms with Crippen molar-refractivity contribution in [2.24, 2.45) is 0 Å². The van der Waals surface area contributed by atoms with Crippen LogP contribution in [0.5, 0.6) is 5.75 Å². The fourth-order valence-electron chi connectivity index (χ4n) is 2.94. The Balaban J connectivity index is 1.81. The Kier molecular flexibility index (Phi) is 3.07. The van der Waals surface area contributed by atoms with Crippen LogP contribution in [0, 0.1) is 6.92 Å². The fourth-order valence-corrected chi connectivity index (χ4v) is 3.85. The van der Waals surface area contributed by atoms with Crippen LogP contribution in [0.2, 0.25) is 0 Å². The van der Waals surface area contributed by atoms with E-state index in [0.717, 1.165) is 22.0 Å². The highest BCUT2D eigenvalue weighted by atomic mass is 32.1. The Hall–Kier alpha value is -3.32. The van der Waals surface area contributed by atoms with Gasteiger partial charge in [-0.2, -0.15) is 9.50 Å². The van der Waals surface area contributed by atoms with Crippen molar-refractivity contribution in [3.05, 3.63) is 64.4 Å². The number of nitrogens with zero attached hydrogens (tertiary/aromatic N) is 4. The van der Waals surface area contributed by atoms with E-state index in [0.29, 0.717) is 21.0 Å². The Morgan fingerprint density at radius 1 is 1.04 bits per heavy atom. The Morgan fingerprint density at radius 3 is 2.65 bits per heavy atom. The molecule has 0 saturated carbocycles. The summed E-state index contributed by atoms with van der Waals surface area (Å²) in [4.78, 5) is 23.1. The number of aromatic hydroxyl groups is 1. The van der Waals surface area contributed by atoms with Crippen LogP contribution in [0.3, 0.4) is 0 Å². The maximum Gasteiger partial charge on any atom is 0.283 e. The van der Waals surface area contributed by atoms with Crippen molar-refractivity contribution in [3.8, 4) is 17.1 Å². The highest BCUT2D eigenvalue weighted by Gasteiger charge is 2.14. The summed E-state index contributed by atoms with van der Waals surface area (Å²) in [7, 11) is 0. The molecule has 3 heterocycles. The predicted octanol–water partition coefficient (Wildman–Crippen LogP) is 3.53. The SMILES string of the molecule is Cc1ccc2nc3sc4nc(-c5ccc(O)cc5)nn4c(=O)c3cc2c1. The second-order valence-electron chi connectivity index (χ2n) is 6.12. The minimum Gasteiger partial charge on any atom is -0.508 e. The van der Waals surface area contributed by atoms with Crippen LogP contribution in [-0.2, 0) is 0 Å². The molecule has 126 valence electrons. The third-order valence-corrected chi connectivity index (χ3v) is 5.20. The van der Waals surface area contributed by atoms with Crippen molar-refractivity contribution in [1.82, 2.24) is 19.6 Å². The zero-order valence-corrected chi connectivity index (χ0v) is 14.5. The molecule has 5 aromatic rings. The first-order valence-electron chi connectivity index (χ1n) is 7.99. The first-order valence-corrected chi connectivity index (χ1v) is 8.80. The van der Waals surface area contributed by atoms with Gasteiger partial charge < -0.3 is 5.11 Å². The summed E-state index contributed by atoms with van der Waals surface area (Å²) in [5.41, 5.74) is 2.46. The molecule has 0 saturated heterocycles. The molecule has 5 rings (SSSR count). The first-order chi connectivity index (χ1) is 12.6. The molecule has 6 nitrogen and oxygen atoms in total. The maximum absolute atomic E-state index is 12.9. The molecular weight excluding hydrogens is 348 g/mol. The second kappa shape index (κ2) is 5.34. The standard InChI is InChI=1S/C19H12N4O2S/c1-10-2-7-15-12(8-10)9-14-17(20-15)26-19-21-16(22-23(19)18(14)25)11-3-5-13(24)6-4-11/h2-9,24H,1H3. The van der Waals surface area contributed by atoms with Gasteiger partial charge in [0.1, 0.15) is 10.6 Å². The number of fused-ring (bicyclic) bond motifs is 3. The summed E-state index contributed by atoms with van der Waals surface area (Å²) in [5.74, 6) is 0.607. The van der Waals surface area contributed by atoms with Gasteiger partial charge in [0.25, 0.3) is 5.56 Å². The smallest absolute Gasteiger partial charge is 0.283 e. The van der Waals surface area contributed by atoms with Gasteiger partial charge in [0.15, 0.2) is 5.82 Å². The molecule has 1 N–H and O–H groups in total. The summed E-state index contributed by atoms with van der Waals surface area (Å²) in [5, 5.41) is 15.2. The van der Waals surface area contributed by atoms with E-state index in [1.54, 1.807) is 24.3 Å². The third kappa shape index (κ3) is 2.25. The molecule has 26 heavy (non-hydrogen) atoms. The lowest BCUT2D eigenvalue weighted by molar-refractivity contribution is 0.475. The number of aromatic nitrogens is 4. The van der Waals surface area contributed by atoms with E-state index in [1.165, 1.54) is 15.9 Å². The van der Waals surface area contributed by atoms with Gasteiger partial charge in [-0.3, -0.25) is 4.79 Å². The van der Waals surface area contributed by atoms with Crippen molar-refractivity contribution in [2.45, 2.75) is 6.92 Å². The Labute approximate surface area is 151 Å². The van der Waals surface area contributed by atoms with Gasteiger partial charge >= 0.3 is 0 Å². The number of phenols is 1. The highest BCUT2D eigenvalue weighted by molar-refractivity contribution is 7.22. The lowest BCUT2D eigenvalue weighted by Crippen LogP contribution is -2.13. The van der Waals surface area contributed by atoms with E-state index in [-0.39, 0.29) is 11.3 Å². The van der Waals surface area contributed by atoms with Crippen molar-refractivity contribution in [2.75, 3.05) is 0 Å². The molecule has 0 fully saturated rings. The zero-order valence-electron chi connectivity index (χ0n) is 13.7. The van der Waals surface area contributed by atoms with E-state index in [1.807, 2.05) is 31.2 Å². The average molecular weight is 360 g/mol. The maximum atomic E-state index is 12.9. The molecule has 3 aromatic heterocycles. The quantitative estimate of drug-likeness (QED) is 0.463. The summed E-state index contributed by atoms with van der Waals surface area (Å²) >= 11 is 1.33. The number of aryl methyl sites for hydroxylation is 1. The molecular formula is C19H12N4O2S. The fraction of sp³-hybridized carbons (Fsp3) is 0.0526. The van der Waals surface area contributed by atoms with Gasteiger partial charge in [0.2, 0.25) is 4.96 Å². The molecule has 0 aliphatic rings. The Bertz CT molecular complexity index is 1370. The monoisotopic (exact) mass is 360 g/mol. The molecule has 0 atom stereocenters. The van der Waals surface area contributed by atoms with E-state index in [2.05, 4.69) is 15.1 Å². The topological polar surface area (TPSA) is 80.4 Å². The normalized spacial score (nSPS) is 11.6. The van der Waals surface area contributed by atoms with Crippen LogP contribution in [0.15, 0.2) is 53.3 Å². The van der Waals surface area contributed by atoms with Crippen LogP contribution in [0.1, 0.15) is 5.56 Å². The van der Waals surface area contributed by atoms with Crippen LogP contribution in [0.25, 0.3) is 37.5 Å². The molecule has 0 aliphatic heterocycles. The summed E-state index contributed by atoms with van der Waals surface area (Å²) in [6.07, 6.45) is 0. The molecule has 0 bridgehead atoms. The van der Waals surface area contributed by atoms with Crippen molar-refractivity contribution in [3.63, 3.8) is 0 Å². The van der Waals surface area contributed by atoms with Crippen molar-refractivity contribution < 1.29 is 5.11 Å². The number of phenolic OH excluding ortho intramolecular Hbond substituents is 1. The van der Waals surface area contributed by atoms with Crippen LogP contribution in [0.4, 0.5) is 0 Å². The van der Waals surface area contributed by atoms with Gasteiger partial charge in [-0.15, -0.1) is 5.10 Å². The van der Waals surface area contributed by atoms with Gasteiger partial charge in [0, 0.05) is 10.9 Å². The number of hydrogen-bond acceptors (Lipinski definition) is 6. The molecule has 0 radical (unpaired) electrons. The third-order valence-electron chi connectivity index (χ3n) is 4.25. The summed E-state index contributed by atoms with van der Waals surface area (Å²) < 4.78 is 1.32. The minimum atomic E-state index is -0.234. The number of benzene rings is 2. The van der Waals surface area contributed by atoms with E-state index < -0.39 is 0 Å². The molecule has 7 heteroatoms. The predicted molar refractivity (Wildman–Crippen MR) is 102 cm³/mol. The Morgan fingerprint density at radius 2 is 1.85 bits per heavy atom. The minimum absolute atomic E-state index is 0.168. The van der Waals surface area contributed by atoms with E-state index >= 15 is 0 Å². The summed E-state index contributed by atoms with van der Waals surface area (Å²) in [6, 6.07) is 14.4. The number of hydrogen-bond donors (Lipinski definition) is 1. The highest BCUT2D eigenvalue weighted by Crippen LogP contribution is 2.25. The van der Waals surface area contributed by atoms with E-state index in [4.69, 9.17) is 0 Å². The van der Waals surface area contributed by atoms with E-state index in [9.17, 15) is 9.90 Å². The van der Waals surface area contributed by atoms with Crippen molar-refractivity contribution >= 4 is 37.4 Å². The van der Waals surface area contributed by atoms with Gasteiger partial charge in [0.05, 0.1) is 10.9 Å². The number of pyridine rings is 1. The van der Waals surface area contributed by atoms with Gasteiger partial charge in [-0.25, -0.2) is 4.98 Å². The summed E-state index contributed by atoms with van der Waals surface area (Å²) in [6.45, 7) is 2.01. The zero-order chi connectivity index (χ0) is 17.8. The largest absolute Gasteiger partial charge is 0.508 e. The van der Waals surface area contributed by atoms with Gasteiger partial charge in [-0.1, -0.05) is 23.0 Å². The van der Waals surface area contributed by atoms with Gasteiger partial charge in [-0.05, 0) is 49.4 Å². The number of rotatable bonds is 1. The molecule has 0 unspecified atom stereocenters. The van der Waals surface area contributed by atoms with Crippen LogP contribution in [-0.4, -0.2) is 24.7 Å². The lowest BCUT2D eigenvalue weighted by atomic mass is 10.1.